The second kappa shape index (κ2) is 9.13. The van der Waals surface area contributed by atoms with E-state index in [4.69, 9.17) is 10.5 Å². The van der Waals surface area contributed by atoms with E-state index in [9.17, 15) is 4.79 Å². The molecule has 0 bridgehead atoms. The Balaban J connectivity index is 1.63. The Morgan fingerprint density at radius 1 is 1.32 bits per heavy atom. The zero-order valence-electron chi connectivity index (χ0n) is 18.5. The van der Waals surface area contributed by atoms with Crippen LogP contribution in [0, 0.1) is 28.5 Å². The lowest BCUT2D eigenvalue weighted by Gasteiger charge is -2.40. The number of rotatable bonds is 6. The first kappa shape index (κ1) is 22.6. The maximum Gasteiger partial charge on any atom is 0.255 e. The number of anilines is 1. The van der Waals surface area contributed by atoms with E-state index in [1.165, 1.54) is 30.5 Å². The highest BCUT2D eigenvalue weighted by molar-refractivity contribution is 6.06. The Morgan fingerprint density at radius 3 is 2.71 bits per heavy atom. The van der Waals surface area contributed by atoms with Gasteiger partial charge in [0, 0.05) is 11.8 Å². The highest BCUT2D eigenvalue weighted by atomic mass is 19.1. The van der Waals surface area contributed by atoms with E-state index in [2.05, 4.69) is 32.9 Å². The number of nitrogens with one attached hydrogen (secondary N) is 2. The minimum Gasteiger partial charge on any atom is -0.340 e. The maximum atomic E-state index is 15.1. The number of aromatic nitrogens is 3. The second-order valence-electron chi connectivity index (χ2n) is 8.04. The number of nitrogens with zero attached hydrogens (tertiary/aromatic N) is 4. The average molecular weight is 452 g/mol. The fourth-order valence-electron chi connectivity index (χ4n) is 4.07. The Morgan fingerprint density at radius 2 is 2.12 bits per heavy atom. The van der Waals surface area contributed by atoms with Gasteiger partial charge in [0.2, 0.25) is 0 Å². The zero-order chi connectivity index (χ0) is 24.3. The lowest BCUT2D eigenvalue weighted by Crippen LogP contribution is -2.36. The van der Waals surface area contributed by atoms with E-state index in [0.717, 1.165) is 24.8 Å². The maximum absolute atomic E-state index is 15.1. The average Bonchev–Trinajstić information content (AvgIpc) is 3.24. The molecule has 2 aromatic heterocycles. The number of H-pyrrole nitrogens is 1. The van der Waals surface area contributed by atoms with Gasteiger partial charge in [0.25, 0.3) is 5.91 Å². The smallest absolute Gasteiger partial charge is 0.255 e. The summed E-state index contributed by atoms with van der Waals surface area (Å²) in [5.41, 5.74) is 2.36. The quantitative estimate of drug-likeness (QED) is 0.311. The molecule has 1 fully saturated rings. The van der Waals surface area contributed by atoms with Gasteiger partial charge in [0.1, 0.15) is 17.7 Å². The number of benzene rings is 1. The standard InChI is InChI=1S/C26H21FN6O/c1-3-16(13-28)10-18(4-2)24(34)31-21-7-6-19(12-20(21)27)26(8-5-9-26)25-32-22-11-17(14-29)15-30-23(22)33-25/h3-4,6-7,10-12,15H,1,5,8-9H2,2H3,(H,31,34)(H,30,32,33)/b16-10+,18-4+. The first-order valence-corrected chi connectivity index (χ1v) is 10.7. The molecule has 2 heterocycles. The summed E-state index contributed by atoms with van der Waals surface area (Å²) in [6.07, 6.45) is 8.30. The van der Waals surface area contributed by atoms with Crippen molar-refractivity contribution in [2.24, 2.45) is 0 Å². The van der Waals surface area contributed by atoms with E-state index < -0.39 is 17.1 Å². The number of imidazole rings is 1. The van der Waals surface area contributed by atoms with Crippen molar-refractivity contribution in [3.8, 4) is 12.1 Å². The third kappa shape index (κ3) is 3.98. The largest absolute Gasteiger partial charge is 0.340 e. The number of aromatic amines is 1. The van der Waals surface area contributed by atoms with Crippen LogP contribution in [0.4, 0.5) is 10.1 Å². The Bertz CT molecular complexity index is 1450. The van der Waals surface area contributed by atoms with Crippen molar-refractivity contribution in [3.63, 3.8) is 0 Å². The molecule has 8 heteroatoms. The molecule has 34 heavy (non-hydrogen) atoms. The molecule has 7 nitrogen and oxygen atoms in total. The Labute approximate surface area is 196 Å². The third-order valence-corrected chi connectivity index (χ3v) is 6.13. The summed E-state index contributed by atoms with van der Waals surface area (Å²) in [6.45, 7) is 5.19. The molecule has 0 unspecified atom stereocenters. The molecule has 1 aliphatic rings. The molecule has 0 atom stereocenters. The minimum atomic E-state index is -0.568. The van der Waals surface area contributed by atoms with Crippen molar-refractivity contribution in [1.82, 2.24) is 15.0 Å². The van der Waals surface area contributed by atoms with Crippen LogP contribution in [0.1, 0.15) is 43.1 Å². The van der Waals surface area contributed by atoms with Crippen molar-refractivity contribution in [1.29, 1.82) is 10.5 Å². The molecule has 168 valence electrons. The summed E-state index contributed by atoms with van der Waals surface area (Å²) in [5, 5.41) is 20.7. The third-order valence-electron chi connectivity index (χ3n) is 6.13. The van der Waals surface area contributed by atoms with Crippen LogP contribution < -0.4 is 5.32 Å². The predicted octanol–water partition coefficient (Wildman–Crippen LogP) is 4.96. The fraction of sp³-hybridized carbons (Fsp3) is 0.192. The molecule has 0 saturated heterocycles. The van der Waals surface area contributed by atoms with Gasteiger partial charge in [-0.25, -0.2) is 14.4 Å². The number of hydrogen-bond acceptors (Lipinski definition) is 5. The van der Waals surface area contributed by atoms with Crippen LogP contribution in [-0.2, 0) is 10.2 Å². The van der Waals surface area contributed by atoms with E-state index in [0.29, 0.717) is 22.6 Å². The normalized spacial score (nSPS) is 15.2. The summed E-state index contributed by atoms with van der Waals surface area (Å²) < 4.78 is 15.1. The number of halogens is 1. The van der Waals surface area contributed by atoms with Gasteiger partial charge in [-0.2, -0.15) is 10.5 Å². The number of fused-ring (bicyclic) bond motifs is 1. The number of hydrogen-bond donors (Lipinski definition) is 2. The van der Waals surface area contributed by atoms with Crippen LogP contribution in [0.3, 0.4) is 0 Å². The number of nitriles is 2. The number of amides is 1. The molecule has 1 amide bonds. The minimum absolute atomic E-state index is 0.0398. The van der Waals surface area contributed by atoms with Crippen LogP contribution in [0.5, 0.6) is 0 Å². The van der Waals surface area contributed by atoms with Crippen molar-refractivity contribution in [2.45, 2.75) is 31.6 Å². The SMILES string of the molecule is C=C/C(C#N)=C\C(=C/C)C(=O)Nc1ccc(C2(c3nc4ncc(C#N)cc4[nH]3)CCC2)cc1F. The highest BCUT2D eigenvalue weighted by Gasteiger charge is 2.43. The van der Waals surface area contributed by atoms with Crippen LogP contribution in [0.2, 0.25) is 0 Å². The lowest BCUT2D eigenvalue weighted by molar-refractivity contribution is -0.112. The van der Waals surface area contributed by atoms with Crippen LogP contribution in [0.25, 0.3) is 11.2 Å². The Kier molecular flexibility index (Phi) is 6.07. The van der Waals surface area contributed by atoms with E-state index >= 15 is 4.39 Å². The molecule has 0 radical (unpaired) electrons. The number of allylic oxidation sites excluding steroid dienone is 3. The fourth-order valence-corrected chi connectivity index (χ4v) is 4.07. The van der Waals surface area contributed by atoms with Gasteiger partial charge in [-0.15, -0.1) is 0 Å². The summed E-state index contributed by atoms with van der Waals surface area (Å²) in [4.78, 5) is 24.7. The predicted molar refractivity (Wildman–Crippen MR) is 126 cm³/mol. The first-order chi connectivity index (χ1) is 16.4. The molecule has 2 N–H and O–H groups in total. The van der Waals surface area contributed by atoms with Gasteiger partial charge in [-0.1, -0.05) is 31.2 Å². The number of carbonyl (C=O) groups is 1. The molecular weight excluding hydrogens is 431 g/mol. The molecule has 0 aliphatic heterocycles. The number of pyridine rings is 1. The molecular formula is C26H21FN6O. The molecule has 1 aromatic carbocycles. The summed E-state index contributed by atoms with van der Waals surface area (Å²) in [6, 6.07) is 10.4. The van der Waals surface area contributed by atoms with Crippen molar-refractivity contribution in [2.75, 3.05) is 5.32 Å². The van der Waals surface area contributed by atoms with Gasteiger partial charge in [-0.05, 0) is 49.6 Å². The van der Waals surface area contributed by atoms with Crippen LogP contribution in [-0.4, -0.2) is 20.9 Å². The zero-order valence-corrected chi connectivity index (χ0v) is 18.5. The van der Waals surface area contributed by atoms with Crippen molar-refractivity contribution in [3.05, 3.63) is 89.2 Å². The topological polar surface area (TPSA) is 118 Å². The summed E-state index contributed by atoms with van der Waals surface area (Å²) >= 11 is 0. The van der Waals surface area contributed by atoms with E-state index in [-0.39, 0.29) is 16.8 Å². The molecule has 0 spiro atoms. The molecule has 1 saturated carbocycles. The van der Waals surface area contributed by atoms with Gasteiger partial charge in [0.05, 0.1) is 33.8 Å². The van der Waals surface area contributed by atoms with Gasteiger partial charge >= 0.3 is 0 Å². The van der Waals surface area contributed by atoms with Gasteiger partial charge in [0.15, 0.2) is 5.65 Å². The molecule has 3 aromatic rings. The van der Waals surface area contributed by atoms with Gasteiger partial charge < -0.3 is 10.3 Å². The van der Waals surface area contributed by atoms with Gasteiger partial charge in [-0.3, -0.25) is 4.79 Å². The second-order valence-corrected chi connectivity index (χ2v) is 8.04. The monoisotopic (exact) mass is 452 g/mol. The van der Waals surface area contributed by atoms with Crippen molar-refractivity contribution >= 4 is 22.8 Å². The summed E-state index contributed by atoms with van der Waals surface area (Å²) in [5.74, 6) is -0.414. The van der Waals surface area contributed by atoms with Crippen LogP contribution in [0.15, 0.2) is 66.4 Å². The lowest BCUT2D eigenvalue weighted by atomic mass is 9.64. The van der Waals surface area contributed by atoms with Crippen molar-refractivity contribution < 1.29 is 9.18 Å². The summed E-state index contributed by atoms with van der Waals surface area (Å²) in [7, 11) is 0. The molecule has 1 aliphatic carbocycles. The van der Waals surface area contributed by atoms with Crippen LogP contribution >= 0.6 is 0 Å². The highest BCUT2D eigenvalue weighted by Crippen LogP contribution is 2.48. The Hall–Kier alpha value is -4.56. The number of carbonyl (C=O) groups excluding carboxylic acids is 1. The van der Waals surface area contributed by atoms with E-state index in [1.54, 1.807) is 25.1 Å². The first-order valence-electron chi connectivity index (χ1n) is 10.7. The molecule has 4 rings (SSSR count). The van der Waals surface area contributed by atoms with E-state index in [1.807, 2.05) is 6.07 Å².